The maximum absolute atomic E-state index is 12.9. The number of ether oxygens (including phenoxy) is 1. The average Bonchev–Trinajstić information content (AvgIpc) is 2.62. The van der Waals surface area contributed by atoms with Crippen LogP contribution in [0.4, 0.5) is 19.0 Å². The van der Waals surface area contributed by atoms with E-state index in [1.807, 2.05) is 0 Å². The summed E-state index contributed by atoms with van der Waals surface area (Å²) >= 11 is 0. The maximum Gasteiger partial charge on any atom is 0.393 e. The van der Waals surface area contributed by atoms with Gasteiger partial charge in [-0.05, 0) is 25.0 Å². The van der Waals surface area contributed by atoms with E-state index in [-0.39, 0.29) is 31.0 Å². The molecule has 1 aromatic rings. The number of alkyl halides is 3. The monoisotopic (exact) mass is 379 g/mol. The molecule has 2 saturated heterocycles. The van der Waals surface area contributed by atoms with Gasteiger partial charge < -0.3 is 9.64 Å². The van der Waals surface area contributed by atoms with Gasteiger partial charge in [-0.15, -0.1) is 0 Å². The van der Waals surface area contributed by atoms with E-state index >= 15 is 0 Å². The number of pyridine rings is 1. The van der Waals surface area contributed by atoms with E-state index < -0.39 is 22.1 Å². The fourth-order valence-electron chi connectivity index (χ4n) is 3.10. The number of aromatic nitrogens is 1. The predicted molar refractivity (Wildman–Crippen MR) is 84.8 cm³/mol. The minimum Gasteiger partial charge on any atom is -0.379 e. The number of hydrogen-bond acceptors (Lipinski definition) is 5. The van der Waals surface area contributed by atoms with E-state index in [1.165, 1.54) is 22.6 Å². The third-order valence-corrected chi connectivity index (χ3v) is 6.42. The Kier molecular flexibility index (Phi) is 5.21. The van der Waals surface area contributed by atoms with Crippen molar-refractivity contribution in [3.63, 3.8) is 0 Å². The molecule has 3 heterocycles. The lowest BCUT2D eigenvalue weighted by atomic mass is 9.97. The SMILES string of the molecule is O=S(=O)(c1ccc(N2CCC[C@H](C(F)(F)F)C2)nc1)N1CCOCC1. The Bertz CT molecular complexity index is 688. The van der Waals surface area contributed by atoms with Crippen LogP contribution in [0.1, 0.15) is 12.8 Å². The lowest BCUT2D eigenvalue weighted by molar-refractivity contribution is -0.176. The summed E-state index contributed by atoms with van der Waals surface area (Å²) in [4.78, 5) is 5.71. The van der Waals surface area contributed by atoms with Gasteiger partial charge in [-0.2, -0.15) is 17.5 Å². The van der Waals surface area contributed by atoms with Gasteiger partial charge in [0.25, 0.3) is 0 Å². The smallest absolute Gasteiger partial charge is 0.379 e. The first-order chi connectivity index (χ1) is 11.8. The Labute approximate surface area is 144 Å². The van der Waals surface area contributed by atoms with E-state index in [0.717, 1.165) is 0 Å². The molecule has 2 fully saturated rings. The summed E-state index contributed by atoms with van der Waals surface area (Å²) in [6.07, 6.45) is -2.46. The molecule has 2 aliphatic heterocycles. The molecule has 6 nitrogen and oxygen atoms in total. The molecule has 25 heavy (non-hydrogen) atoms. The Morgan fingerprint density at radius 2 is 1.88 bits per heavy atom. The van der Waals surface area contributed by atoms with Crippen LogP contribution < -0.4 is 4.90 Å². The van der Waals surface area contributed by atoms with Crippen molar-refractivity contribution in [1.29, 1.82) is 0 Å². The van der Waals surface area contributed by atoms with Crippen LogP contribution in [-0.4, -0.2) is 63.3 Å². The fraction of sp³-hybridized carbons (Fsp3) is 0.667. The van der Waals surface area contributed by atoms with Gasteiger partial charge in [-0.25, -0.2) is 13.4 Å². The summed E-state index contributed by atoms with van der Waals surface area (Å²) in [5.74, 6) is -1.00. The molecule has 0 spiro atoms. The van der Waals surface area contributed by atoms with E-state index in [0.29, 0.717) is 32.0 Å². The van der Waals surface area contributed by atoms with Gasteiger partial charge in [0.2, 0.25) is 10.0 Å². The van der Waals surface area contributed by atoms with Gasteiger partial charge in [-0.3, -0.25) is 0 Å². The van der Waals surface area contributed by atoms with Crippen molar-refractivity contribution in [2.75, 3.05) is 44.3 Å². The van der Waals surface area contributed by atoms with Crippen LogP contribution >= 0.6 is 0 Å². The zero-order valence-electron chi connectivity index (χ0n) is 13.6. The molecule has 0 aromatic carbocycles. The van der Waals surface area contributed by atoms with Crippen LogP contribution in [0.5, 0.6) is 0 Å². The zero-order valence-corrected chi connectivity index (χ0v) is 14.4. The summed E-state index contributed by atoms with van der Waals surface area (Å²) in [5.41, 5.74) is 0. The molecule has 2 aliphatic rings. The lowest BCUT2D eigenvalue weighted by Crippen LogP contribution is -2.42. The van der Waals surface area contributed by atoms with Gasteiger partial charge >= 0.3 is 6.18 Å². The minimum absolute atomic E-state index is 0.0440. The Morgan fingerprint density at radius 3 is 2.48 bits per heavy atom. The number of sulfonamides is 1. The first kappa shape index (κ1) is 18.4. The lowest BCUT2D eigenvalue weighted by Gasteiger charge is -2.34. The van der Waals surface area contributed by atoms with Crippen molar-refractivity contribution in [2.24, 2.45) is 5.92 Å². The molecule has 0 N–H and O–H groups in total. The average molecular weight is 379 g/mol. The quantitative estimate of drug-likeness (QED) is 0.803. The zero-order chi connectivity index (χ0) is 18.1. The van der Waals surface area contributed by atoms with Crippen molar-refractivity contribution in [1.82, 2.24) is 9.29 Å². The number of halogens is 3. The number of nitrogens with zero attached hydrogens (tertiary/aromatic N) is 3. The number of hydrogen-bond donors (Lipinski definition) is 0. The van der Waals surface area contributed by atoms with Gasteiger partial charge in [-0.1, -0.05) is 0 Å². The number of anilines is 1. The van der Waals surface area contributed by atoms with Crippen LogP contribution in [0.2, 0.25) is 0 Å². The van der Waals surface area contributed by atoms with Crippen molar-refractivity contribution in [3.05, 3.63) is 18.3 Å². The molecule has 1 aromatic heterocycles. The molecule has 0 unspecified atom stereocenters. The Balaban J connectivity index is 1.73. The second-order valence-corrected chi connectivity index (χ2v) is 8.13. The van der Waals surface area contributed by atoms with Crippen molar-refractivity contribution < 1.29 is 26.3 Å². The Hall–Kier alpha value is -1.39. The van der Waals surface area contributed by atoms with E-state index in [2.05, 4.69) is 4.98 Å². The molecular formula is C15H20F3N3O3S. The van der Waals surface area contributed by atoms with Crippen molar-refractivity contribution in [3.8, 4) is 0 Å². The summed E-state index contributed by atoms with van der Waals surface area (Å²) in [5, 5.41) is 0. The van der Waals surface area contributed by atoms with Gasteiger partial charge in [0.05, 0.1) is 19.1 Å². The Morgan fingerprint density at radius 1 is 1.16 bits per heavy atom. The van der Waals surface area contributed by atoms with Crippen LogP contribution in [0.15, 0.2) is 23.2 Å². The fourth-order valence-corrected chi connectivity index (χ4v) is 4.45. The molecular weight excluding hydrogens is 359 g/mol. The maximum atomic E-state index is 12.9. The molecule has 140 valence electrons. The molecule has 3 rings (SSSR count). The number of morpholine rings is 1. The first-order valence-corrected chi connectivity index (χ1v) is 9.58. The van der Waals surface area contributed by atoms with Gasteiger partial charge in [0, 0.05) is 32.4 Å². The van der Waals surface area contributed by atoms with E-state index in [1.54, 1.807) is 4.90 Å². The molecule has 0 aliphatic carbocycles. The first-order valence-electron chi connectivity index (χ1n) is 8.14. The van der Waals surface area contributed by atoms with E-state index in [4.69, 9.17) is 4.74 Å². The summed E-state index contributed by atoms with van der Waals surface area (Å²) in [6.45, 7) is 1.59. The summed E-state index contributed by atoms with van der Waals surface area (Å²) in [6, 6.07) is 2.89. The van der Waals surface area contributed by atoms with Crippen LogP contribution in [0, 0.1) is 5.92 Å². The van der Waals surface area contributed by atoms with Crippen LogP contribution in [0.3, 0.4) is 0 Å². The highest BCUT2D eigenvalue weighted by molar-refractivity contribution is 7.89. The molecule has 0 bridgehead atoms. The molecule has 0 radical (unpaired) electrons. The predicted octanol–water partition coefficient (Wildman–Crippen LogP) is 1.88. The van der Waals surface area contributed by atoms with Crippen LogP contribution in [0.25, 0.3) is 0 Å². The van der Waals surface area contributed by atoms with E-state index in [9.17, 15) is 21.6 Å². The van der Waals surface area contributed by atoms with Gasteiger partial charge in [0.1, 0.15) is 10.7 Å². The second kappa shape index (κ2) is 7.08. The highest BCUT2D eigenvalue weighted by Crippen LogP contribution is 2.34. The highest BCUT2D eigenvalue weighted by Gasteiger charge is 2.42. The molecule has 10 heteroatoms. The van der Waals surface area contributed by atoms with Crippen molar-refractivity contribution >= 4 is 15.8 Å². The standard InChI is InChI=1S/C15H20F3N3O3S/c16-15(17,18)12-2-1-5-20(11-12)14-4-3-13(10-19-14)25(22,23)21-6-8-24-9-7-21/h3-4,10,12H,1-2,5-9,11H2/t12-/m0/s1. The second-order valence-electron chi connectivity index (χ2n) is 6.20. The molecule has 0 amide bonds. The molecule has 1 atom stereocenters. The third-order valence-electron chi connectivity index (χ3n) is 4.54. The summed E-state index contributed by atoms with van der Waals surface area (Å²) in [7, 11) is -3.65. The third kappa shape index (κ3) is 4.06. The largest absolute Gasteiger partial charge is 0.393 e. The van der Waals surface area contributed by atoms with Crippen molar-refractivity contribution in [2.45, 2.75) is 23.9 Å². The van der Waals surface area contributed by atoms with Gasteiger partial charge in [0.15, 0.2) is 0 Å². The topological polar surface area (TPSA) is 62.7 Å². The number of piperidine rings is 1. The summed E-state index contributed by atoms with van der Waals surface area (Å²) < 4.78 is 70.3. The minimum atomic E-state index is -4.22. The highest BCUT2D eigenvalue weighted by atomic mass is 32.2. The normalized spacial score (nSPS) is 23.6. The molecule has 0 saturated carbocycles. The number of rotatable bonds is 3. The van der Waals surface area contributed by atoms with Crippen LogP contribution in [-0.2, 0) is 14.8 Å².